The number of anilines is 2. The van der Waals surface area contributed by atoms with E-state index in [0.717, 1.165) is 23.3 Å². The molecule has 2 amide bonds. The molecule has 1 aliphatic rings. The van der Waals surface area contributed by atoms with Crippen LogP contribution in [0.15, 0.2) is 30.6 Å². The molecule has 1 aromatic carbocycles. The number of carbonyl (C=O) groups is 1. The molecule has 0 spiro atoms. The van der Waals surface area contributed by atoms with Gasteiger partial charge in [-0.25, -0.2) is 9.10 Å². The molecule has 2 heterocycles. The lowest BCUT2D eigenvalue weighted by Crippen LogP contribution is -2.49. The zero-order valence-electron chi connectivity index (χ0n) is 18.9. The second-order valence-corrected chi connectivity index (χ2v) is 9.78. The largest absolute Gasteiger partial charge is 0.740 e. The molecule has 34 heavy (non-hydrogen) atoms. The van der Waals surface area contributed by atoms with Crippen LogP contribution in [0, 0.1) is 5.21 Å². The zero-order chi connectivity index (χ0) is 25.3. The van der Waals surface area contributed by atoms with Crippen molar-refractivity contribution < 1.29 is 26.4 Å². The number of hydroxylamine groups is 1. The molecule has 188 valence electrons. The van der Waals surface area contributed by atoms with Gasteiger partial charge in [-0.15, -0.1) is 0 Å². The molecule has 0 saturated carbocycles. The summed E-state index contributed by atoms with van der Waals surface area (Å²) in [6.45, 7) is 2.28. The smallest absolute Gasteiger partial charge is 0.416 e. The van der Waals surface area contributed by atoms with Crippen LogP contribution >= 0.6 is 0 Å². The highest BCUT2D eigenvalue weighted by Crippen LogP contribution is 2.32. The number of halogens is 3. The topological polar surface area (TPSA) is 114 Å². The number of likely N-dealkylation sites (tertiary alicyclic amines) is 1. The molecular formula is C20H26F3N6O4S-. The molecule has 1 aromatic heterocycles. The van der Waals surface area contributed by atoms with E-state index in [0.29, 0.717) is 12.5 Å². The summed E-state index contributed by atoms with van der Waals surface area (Å²) in [6, 6.07) is 0.991. The summed E-state index contributed by atoms with van der Waals surface area (Å²) < 4.78 is 67.3. The third-order valence-corrected chi connectivity index (χ3v) is 7.16. The van der Waals surface area contributed by atoms with E-state index in [2.05, 4.69) is 5.10 Å². The van der Waals surface area contributed by atoms with Gasteiger partial charge in [0.15, 0.2) is 0 Å². The van der Waals surface area contributed by atoms with Crippen LogP contribution in [0.4, 0.5) is 29.3 Å². The van der Waals surface area contributed by atoms with E-state index in [1.807, 2.05) is 17.3 Å². The predicted octanol–water partition coefficient (Wildman–Crippen LogP) is 3.18. The first-order chi connectivity index (χ1) is 15.8. The number of nitrogens with one attached hydrogen (secondary N) is 1. The van der Waals surface area contributed by atoms with Crippen molar-refractivity contribution in [2.75, 3.05) is 29.8 Å². The Kier molecular flexibility index (Phi) is 7.43. The van der Waals surface area contributed by atoms with Crippen LogP contribution < -0.4 is 9.62 Å². The number of rotatable bonds is 7. The first kappa shape index (κ1) is 25.8. The van der Waals surface area contributed by atoms with Gasteiger partial charge in [-0.2, -0.15) is 26.7 Å². The fourth-order valence-corrected chi connectivity index (χ4v) is 4.92. The first-order valence-corrected chi connectivity index (χ1v) is 11.9. The molecule has 1 N–H and O–H groups in total. The van der Waals surface area contributed by atoms with E-state index in [4.69, 9.17) is 0 Å². The quantitative estimate of drug-likeness (QED) is 0.581. The van der Waals surface area contributed by atoms with Gasteiger partial charge in [0.1, 0.15) is 0 Å². The van der Waals surface area contributed by atoms with Crippen molar-refractivity contribution in [2.24, 2.45) is 7.05 Å². The Hall–Kier alpha value is -2.84. The second kappa shape index (κ2) is 9.80. The highest BCUT2D eigenvalue weighted by atomic mass is 32.2. The lowest BCUT2D eigenvalue weighted by atomic mass is 10.1. The second-order valence-electron chi connectivity index (χ2n) is 8.11. The molecule has 1 aliphatic heterocycles. The fourth-order valence-electron chi connectivity index (χ4n) is 3.77. The minimum Gasteiger partial charge on any atom is -0.740 e. The minimum absolute atomic E-state index is 0.0868. The number of likely N-dealkylation sites (N-methyl/N-ethyl adjacent to an activating group) is 1. The molecule has 14 heteroatoms. The van der Waals surface area contributed by atoms with Crippen molar-refractivity contribution in [1.82, 2.24) is 19.1 Å². The summed E-state index contributed by atoms with van der Waals surface area (Å²) in [6.07, 6.45) is -0.276. The molecular weight excluding hydrogens is 477 g/mol. The number of carbonyl (C=O) groups excluding carboxylic acids is 1. The van der Waals surface area contributed by atoms with Gasteiger partial charge in [-0.05, 0) is 56.6 Å². The monoisotopic (exact) mass is 503 g/mol. The van der Waals surface area contributed by atoms with Crippen LogP contribution in [0.2, 0.25) is 0 Å². The maximum atomic E-state index is 13.2. The minimum atomic E-state index is -4.93. The Morgan fingerprint density at radius 1 is 1.29 bits per heavy atom. The van der Waals surface area contributed by atoms with E-state index in [1.165, 1.54) is 23.1 Å². The Labute approximate surface area is 195 Å². The first-order valence-electron chi connectivity index (χ1n) is 10.5. The number of amides is 2. The van der Waals surface area contributed by atoms with Crippen molar-refractivity contribution in [3.05, 3.63) is 46.9 Å². The van der Waals surface area contributed by atoms with Gasteiger partial charge in [0.05, 0.1) is 24.0 Å². The Bertz CT molecular complexity index is 1140. The molecule has 0 unspecified atom stereocenters. The highest BCUT2D eigenvalue weighted by molar-refractivity contribution is 7.91. The third kappa shape index (κ3) is 5.62. The summed E-state index contributed by atoms with van der Waals surface area (Å²) in [5.74, 6) is 0. The summed E-state index contributed by atoms with van der Waals surface area (Å²) in [5.41, 5.74) is -1.02. The van der Waals surface area contributed by atoms with Crippen LogP contribution in [0.3, 0.4) is 0 Å². The Morgan fingerprint density at radius 3 is 2.53 bits per heavy atom. The van der Waals surface area contributed by atoms with Crippen LogP contribution in [-0.2, 0) is 29.9 Å². The average Bonchev–Trinajstić information content (AvgIpc) is 3.37. The van der Waals surface area contributed by atoms with Gasteiger partial charge >= 0.3 is 22.4 Å². The summed E-state index contributed by atoms with van der Waals surface area (Å²) in [7, 11) is -1.54. The van der Waals surface area contributed by atoms with Crippen molar-refractivity contribution in [1.29, 1.82) is 0 Å². The van der Waals surface area contributed by atoms with Gasteiger partial charge in [-0.1, -0.05) is 6.92 Å². The van der Waals surface area contributed by atoms with Crippen molar-refractivity contribution in [3.8, 4) is 0 Å². The molecule has 2 aromatic rings. The van der Waals surface area contributed by atoms with E-state index in [-0.39, 0.29) is 35.9 Å². The van der Waals surface area contributed by atoms with Gasteiger partial charge in [-0.3, -0.25) is 9.15 Å². The molecule has 10 nitrogen and oxygen atoms in total. The van der Waals surface area contributed by atoms with Gasteiger partial charge in [0.25, 0.3) is 0 Å². The lowest BCUT2D eigenvalue weighted by molar-refractivity contribution is -0.137. The number of aromatic nitrogens is 2. The average molecular weight is 504 g/mol. The molecule has 0 bridgehead atoms. The fraction of sp³-hybridized carbons (Fsp3) is 0.500. The van der Waals surface area contributed by atoms with E-state index < -0.39 is 32.4 Å². The number of hydrogen-bond donors (Lipinski definition) is 1. The lowest BCUT2D eigenvalue weighted by Gasteiger charge is -2.36. The molecule has 1 saturated heterocycles. The number of urea groups is 1. The van der Waals surface area contributed by atoms with Crippen molar-refractivity contribution >= 4 is 27.6 Å². The highest BCUT2D eigenvalue weighted by Gasteiger charge is 2.34. The maximum Gasteiger partial charge on any atom is 0.416 e. The molecule has 1 fully saturated rings. The van der Waals surface area contributed by atoms with E-state index >= 15 is 0 Å². The van der Waals surface area contributed by atoms with Crippen molar-refractivity contribution in [3.63, 3.8) is 0 Å². The molecule has 0 radical (unpaired) electrons. The number of aryl methyl sites for hydroxylation is 2. The summed E-state index contributed by atoms with van der Waals surface area (Å²) in [4.78, 5) is 14.5. The number of alkyl halides is 3. The van der Waals surface area contributed by atoms with Crippen LogP contribution in [0.25, 0.3) is 0 Å². The van der Waals surface area contributed by atoms with E-state index in [1.54, 1.807) is 14.0 Å². The zero-order valence-corrected chi connectivity index (χ0v) is 19.7. The van der Waals surface area contributed by atoms with E-state index in [9.17, 15) is 31.6 Å². The predicted molar refractivity (Wildman–Crippen MR) is 120 cm³/mol. The normalized spacial score (nSPS) is 17.1. The molecule has 0 aliphatic carbocycles. The number of benzene rings is 1. The Balaban J connectivity index is 1.88. The third-order valence-electron chi connectivity index (χ3n) is 5.66. The van der Waals surface area contributed by atoms with Crippen molar-refractivity contribution in [2.45, 2.75) is 38.4 Å². The molecule has 3 rings (SSSR count). The van der Waals surface area contributed by atoms with Gasteiger partial charge in [0, 0.05) is 25.0 Å². The number of nitrogens with zero attached hydrogens (tertiary/aromatic N) is 5. The van der Waals surface area contributed by atoms with Crippen LogP contribution in [0.5, 0.6) is 0 Å². The Morgan fingerprint density at radius 2 is 2.00 bits per heavy atom. The summed E-state index contributed by atoms with van der Waals surface area (Å²) in [5, 5.41) is 18.6. The molecule has 1 atom stereocenters. The SMILES string of the molecule is CCc1cc(NC(=O)N([O-])S(=O)(=O)N(C[C@@H]2CCCN2C)c2cnn(C)c2)cc(C(F)(F)F)c1. The van der Waals surface area contributed by atoms with Gasteiger partial charge < -0.3 is 15.4 Å². The van der Waals surface area contributed by atoms with Crippen LogP contribution in [0.1, 0.15) is 30.9 Å². The van der Waals surface area contributed by atoms with Gasteiger partial charge in [0.2, 0.25) is 0 Å². The summed E-state index contributed by atoms with van der Waals surface area (Å²) >= 11 is 0. The van der Waals surface area contributed by atoms with Crippen LogP contribution in [-0.4, -0.2) is 59.8 Å². The maximum absolute atomic E-state index is 13.2. The number of hydrogen-bond acceptors (Lipinski definition) is 6. The standard InChI is InChI=1S/C20H26F3N6O4S/c1-4-14-8-15(20(21,22)23)10-16(9-14)25-19(30)29(31)34(32,33)28(18-11-24-27(3)12-18)13-17-6-5-7-26(17)2/h8-12,17H,4-7,13H2,1-3H3,(H,25,30)/q-1/t17-/m0/s1.